The summed E-state index contributed by atoms with van der Waals surface area (Å²) in [5.41, 5.74) is 2.12. The molecule has 0 amide bonds. The fourth-order valence-corrected chi connectivity index (χ4v) is 4.35. The second kappa shape index (κ2) is 5.05. The lowest BCUT2D eigenvalue weighted by Crippen LogP contribution is -2.42. The van der Waals surface area contributed by atoms with Gasteiger partial charge in [-0.1, -0.05) is 50.1 Å². The summed E-state index contributed by atoms with van der Waals surface area (Å²) >= 11 is 0. The standard InChI is InChI=1S/C17H25N/c1-14-6-5-9-16(17(14)10-11-18-13-17)12-15-7-3-2-4-8-15/h2-4,7-8,14,16,18H,5-6,9-13H2,1H3/t14-,16?,17-/m0/s1. The molecule has 0 aromatic heterocycles. The molecule has 18 heavy (non-hydrogen) atoms. The van der Waals surface area contributed by atoms with Gasteiger partial charge in [0.1, 0.15) is 0 Å². The summed E-state index contributed by atoms with van der Waals surface area (Å²) in [6.45, 7) is 4.98. The molecule has 0 radical (unpaired) electrons. The van der Waals surface area contributed by atoms with Crippen molar-refractivity contribution in [2.45, 2.75) is 39.0 Å². The molecular weight excluding hydrogens is 218 g/mol. The fourth-order valence-electron chi connectivity index (χ4n) is 4.35. The third-order valence-corrected chi connectivity index (χ3v) is 5.53. The van der Waals surface area contributed by atoms with E-state index in [9.17, 15) is 0 Å². The summed E-state index contributed by atoms with van der Waals surface area (Å²) in [5.74, 6) is 1.79. The van der Waals surface area contributed by atoms with Gasteiger partial charge in [-0.3, -0.25) is 0 Å². The van der Waals surface area contributed by atoms with Gasteiger partial charge in [-0.25, -0.2) is 0 Å². The van der Waals surface area contributed by atoms with Crippen LogP contribution >= 0.6 is 0 Å². The van der Waals surface area contributed by atoms with Crippen LogP contribution in [0.4, 0.5) is 0 Å². The molecule has 3 atom stereocenters. The fraction of sp³-hybridized carbons (Fsp3) is 0.647. The molecule has 98 valence electrons. The topological polar surface area (TPSA) is 12.0 Å². The van der Waals surface area contributed by atoms with E-state index in [-0.39, 0.29) is 0 Å². The molecule has 1 spiro atoms. The summed E-state index contributed by atoms with van der Waals surface area (Å²) in [4.78, 5) is 0. The molecule has 1 N–H and O–H groups in total. The van der Waals surface area contributed by atoms with Crippen molar-refractivity contribution in [3.05, 3.63) is 35.9 Å². The molecule has 1 heterocycles. The van der Waals surface area contributed by atoms with Crippen molar-refractivity contribution in [2.24, 2.45) is 17.3 Å². The zero-order chi connectivity index (χ0) is 12.4. The van der Waals surface area contributed by atoms with Gasteiger partial charge in [0.2, 0.25) is 0 Å². The molecule has 1 heteroatoms. The lowest BCUT2D eigenvalue weighted by atomic mass is 9.59. The molecule has 2 aliphatic rings. The Bertz CT molecular complexity index is 378. The number of rotatable bonds is 2. The van der Waals surface area contributed by atoms with Crippen molar-refractivity contribution < 1.29 is 0 Å². The molecule has 1 aromatic rings. The van der Waals surface area contributed by atoms with Gasteiger partial charge in [0.25, 0.3) is 0 Å². The van der Waals surface area contributed by atoms with E-state index in [4.69, 9.17) is 0 Å². The maximum Gasteiger partial charge on any atom is 0.00136 e. The van der Waals surface area contributed by atoms with Crippen molar-refractivity contribution in [3.63, 3.8) is 0 Å². The molecule has 1 unspecified atom stereocenters. The van der Waals surface area contributed by atoms with Crippen LogP contribution in [-0.2, 0) is 6.42 Å². The monoisotopic (exact) mass is 243 g/mol. The molecule has 2 fully saturated rings. The predicted molar refractivity (Wildman–Crippen MR) is 76.6 cm³/mol. The first-order valence-corrected chi connectivity index (χ1v) is 7.56. The molecule has 0 bridgehead atoms. The highest BCUT2D eigenvalue weighted by Gasteiger charge is 2.46. The summed E-state index contributed by atoms with van der Waals surface area (Å²) in [6, 6.07) is 11.1. The van der Waals surface area contributed by atoms with Gasteiger partial charge < -0.3 is 5.32 Å². The van der Waals surface area contributed by atoms with Crippen LogP contribution in [0.1, 0.15) is 38.2 Å². The molecule has 1 saturated heterocycles. The number of hydrogen-bond donors (Lipinski definition) is 1. The highest BCUT2D eigenvalue weighted by molar-refractivity contribution is 5.17. The first kappa shape index (κ1) is 12.2. The number of nitrogens with one attached hydrogen (secondary N) is 1. The van der Waals surface area contributed by atoms with Gasteiger partial charge in [-0.05, 0) is 48.6 Å². The van der Waals surface area contributed by atoms with E-state index in [1.165, 1.54) is 50.8 Å². The lowest BCUT2D eigenvalue weighted by molar-refractivity contribution is 0.0519. The van der Waals surface area contributed by atoms with E-state index in [0.29, 0.717) is 5.41 Å². The van der Waals surface area contributed by atoms with Crippen LogP contribution in [0.15, 0.2) is 30.3 Å². The van der Waals surface area contributed by atoms with Crippen molar-refractivity contribution in [3.8, 4) is 0 Å². The maximum absolute atomic E-state index is 3.63. The number of benzene rings is 1. The Morgan fingerprint density at radius 3 is 2.78 bits per heavy atom. The van der Waals surface area contributed by atoms with E-state index in [1.54, 1.807) is 0 Å². The minimum absolute atomic E-state index is 0.591. The SMILES string of the molecule is C[C@H]1CCCC(Cc2ccccc2)[C@]12CCNC2. The summed E-state index contributed by atoms with van der Waals surface area (Å²) in [5, 5.41) is 3.63. The van der Waals surface area contributed by atoms with Gasteiger partial charge in [0, 0.05) is 6.54 Å². The Hall–Kier alpha value is -0.820. The smallest absolute Gasteiger partial charge is 0.00136 e. The average Bonchev–Trinajstić information content (AvgIpc) is 2.87. The third kappa shape index (κ3) is 2.09. The van der Waals surface area contributed by atoms with Crippen LogP contribution in [0.25, 0.3) is 0 Å². The first-order chi connectivity index (χ1) is 8.81. The zero-order valence-corrected chi connectivity index (χ0v) is 11.5. The molecule has 1 aliphatic carbocycles. The number of hydrogen-bond acceptors (Lipinski definition) is 1. The highest BCUT2D eigenvalue weighted by Crippen LogP contribution is 2.50. The van der Waals surface area contributed by atoms with Crippen molar-refractivity contribution in [2.75, 3.05) is 13.1 Å². The Morgan fingerprint density at radius 1 is 1.22 bits per heavy atom. The molecular formula is C17H25N. The van der Waals surface area contributed by atoms with E-state index in [2.05, 4.69) is 42.6 Å². The lowest BCUT2D eigenvalue weighted by Gasteiger charge is -2.46. The molecule has 3 rings (SSSR count). The molecule has 1 saturated carbocycles. The summed E-state index contributed by atoms with van der Waals surface area (Å²) in [6.07, 6.45) is 6.98. The quantitative estimate of drug-likeness (QED) is 0.836. The second-order valence-corrected chi connectivity index (χ2v) is 6.38. The van der Waals surface area contributed by atoms with Crippen molar-refractivity contribution in [1.29, 1.82) is 0 Å². The molecule has 1 aromatic carbocycles. The van der Waals surface area contributed by atoms with Crippen LogP contribution in [0, 0.1) is 17.3 Å². The van der Waals surface area contributed by atoms with Gasteiger partial charge >= 0.3 is 0 Å². The highest BCUT2D eigenvalue weighted by atomic mass is 14.9. The Labute approximate surface area is 111 Å². The minimum Gasteiger partial charge on any atom is -0.316 e. The van der Waals surface area contributed by atoms with Gasteiger partial charge in [0.05, 0.1) is 0 Å². The Kier molecular flexibility index (Phi) is 3.43. The van der Waals surface area contributed by atoms with Gasteiger partial charge in [-0.2, -0.15) is 0 Å². The summed E-state index contributed by atoms with van der Waals surface area (Å²) in [7, 11) is 0. The van der Waals surface area contributed by atoms with Crippen LogP contribution in [0.2, 0.25) is 0 Å². The maximum atomic E-state index is 3.63. The van der Waals surface area contributed by atoms with Crippen LogP contribution < -0.4 is 5.32 Å². The van der Waals surface area contributed by atoms with Crippen LogP contribution in [-0.4, -0.2) is 13.1 Å². The van der Waals surface area contributed by atoms with E-state index in [1.807, 2.05) is 0 Å². The van der Waals surface area contributed by atoms with Gasteiger partial charge in [0.15, 0.2) is 0 Å². The average molecular weight is 243 g/mol. The molecule has 1 nitrogen and oxygen atoms in total. The zero-order valence-electron chi connectivity index (χ0n) is 11.5. The first-order valence-electron chi connectivity index (χ1n) is 7.56. The van der Waals surface area contributed by atoms with Gasteiger partial charge in [-0.15, -0.1) is 0 Å². The van der Waals surface area contributed by atoms with E-state index in [0.717, 1.165) is 11.8 Å². The van der Waals surface area contributed by atoms with E-state index < -0.39 is 0 Å². The molecule has 1 aliphatic heterocycles. The minimum atomic E-state index is 0.591. The predicted octanol–water partition coefficient (Wildman–Crippen LogP) is 3.65. The van der Waals surface area contributed by atoms with E-state index >= 15 is 0 Å². The van der Waals surface area contributed by atoms with Crippen LogP contribution in [0.5, 0.6) is 0 Å². The Morgan fingerprint density at radius 2 is 2.06 bits per heavy atom. The van der Waals surface area contributed by atoms with Crippen molar-refractivity contribution in [1.82, 2.24) is 5.32 Å². The largest absolute Gasteiger partial charge is 0.316 e. The normalized spacial score (nSPS) is 36.1. The van der Waals surface area contributed by atoms with Crippen LogP contribution in [0.3, 0.4) is 0 Å². The Balaban J connectivity index is 1.80. The summed E-state index contributed by atoms with van der Waals surface area (Å²) < 4.78 is 0. The van der Waals surface area contributed by atoms with Crippen molar-refractivity contribution >= 4 is 0 Å². The second-order valence-electron chi connectivity index (χ2n) is 6.38. The third-order valence-electron chi connectivity index (χ3n) is 5.53.